The Hall–Kier alpha value is -1.46. The van der Waals surface area contributed by atoms with Crippen LogP contribution in [0.4, 0.5) is 0 Å². The van der Waals surface area contributed by atoms with Crippen LogP contribution in [0.15, 0.2) is 24.3 Å². The number of aliphatic hydroxyl groups is 2. The number of carbonyl (C=O) groups excluding carboxylic acids is 1. The molecule has 0 bridgehead atoms. The fraction of sp³-hybridized carbons (Fsp3) is 0.714. The van der Waals surface area contributed by atoms with Crippen LogP contribution >= 0.6 is 0 Å². The molecule has 0 amide bonds. The summed E-state index contributed by atoms with van der Waals surface area (Å²) < 4.78 is 0. The molecule has 4 atom stereocenters. The number of hydrogen-bond donors (Lipinski definition) is 3. The second-order valence-electron chi connectivity index (χ2n) is 7.59. The van der Waals surface area contributed by atoms with Gasteiger partial charge in [-0.1, -0.05) is 50.5 Å². The highest BCUT2D eigenvalue weighted by Crippen LogP contribution is 2.34. The van der Waals surface area contributed by atoms with Gasteiger partial charge in [0.05, 0.1) is 11.7 Å². The molecule has 1 saturated carbocycles. The maximum Gasteiger partial charge on any atom is 0.303 e. The standard InChI is InChI=1S/C21H34O5/c1-3-4-9-13-21(2,26)14-12-17-16(18(22)15-19(17)23)10-7-5-6-8-11-20(24)25/h5,7,12,14,16-17,19,23,26H,3-4,6,8-11,13,15H2,1-2H3,(H,24,25)/t16-,17-,19-,21-/m1/s1. The van der Waals surface area contributed by atoms with E-state index in [0.717, 1.165) is 19.3 Å². The van der Waals surface area contributed by atoms with Crippen LogP contribution in [-0.2, 0) is 9.59 Å². The molecule has 0 aromatic carbocycles. The first-order chi connectivity index (χ1) is 12.3. The fourth-order valence-electron chi connectivity index (χ4n) is 3.39. The Balaban J connectivity index is 2.58. The Morgan fingerprint density at radius 3 is 2.65 bits per heavy atom. The number of carboxylic acid groups (broad SMARTS) is 1. The Bertz CT molecular complexity index is 507. The van der Waals surface area contributed by atoms with Crippen molar-refractivity contribution in [2.45, 2.75) is 83.3 Å². The number of Topliss-reactive ketones (excluding diaryl/α,β-unsaturated/α-hetero) is 1. The van der Waals surface area contributed by atoms with Gasteiger partial charge in [-0.2, -0.15) is 0 Å². The minimum atomic E-state index is -0.919. The van der Waals surface area contributed by atoms with Gasteiger partial charge in [0.15, 0.2) is 0 Å². The molecule has 0 unspecified atom stereocenters. The van der Waals surface area contributed by atoms with E-state index in [0.29, 0.717) is 25.7 Å². The predicted molar refractivity (Wildman–Crippen MR) is 102 cm³/mol. The van der Waals surface area contributed by atoms with Crippen LogP contribution in [0.2, 0.25) is 0 Å². The predicted octanol–water partition coefficient (Wildman–Crippen LogP) is 3.64. The molecule has 1 rings (SSSR count). The Labute approximate surface area is 156 Å². The van der Waals surface area contributed by atoms with Crippen LogP contribution in [0.3, 0.4) is 0 Å². The minimum absolute atomic E-state index is 0.0490. The summed E-state index contributed by atoms with van der Waals surface area (Å²) in [6, 6.07) is 0. The molecule has 5 heteroatoms. The monoisotopic (exact) mass is 366 g/mol. The molecule has 0 saturated heterocycles. The van der Waals surface area contributed by atoms with Crippen LogP contribution < -0.4 is 0 Å². The molecule has 1 fully saturated rings. The summed E-state index contributed by atoms with van der Waals surface area (Å²) in [6.45, 7) is 3.88. The van der Waals surface area contributed by atoms with E-state index >= 15 is 0 Å². The van der Waals surface area contributed by atoms with Crippen molar-refractivity contribution < 1.29 is 24.9 Å². The third-order valence-corrected chi connectivity index (χ3v) is 5.01. The smallest absolute Gasteiger partial charge is 0.303 e. The molecule has 26 heavy (non-hydrogen) atoms. The second kappa shape index (κ2) is 11.3. The van der Waals surface area contributed by atoms with Gasteiger partial charge in [-0.05, 0) is 32.6 Å². The molecular formula is C21H34O5. The van der Waals surface area contributed by atoms with Crippen LogP contribution in [0.25, 0.3) is 0 Å². The Kier molecular flexibility index (Phi) is 9.81. The molecular weight excluding hydrogens is 332 g/mol. The molecule has 3 N–H and O–H groups in total. The SMILES string of the molecule is CCCCC[C@@](C)(O)C=C[C@H]1[C@H](O)CC(=O)[C@@H]1CC=CCCCC(=O)O. The summed E-state index contributed by atoms with van der Waals surface area (Å²) in [5, 5.41) is 29.3. The molecule has 0 aliphatic heterocycles. The van der Waals surface area contributed by atoms with E-state index in [2.05, 4.69) is 6.92 Å². The average Bonchev–Trinajstić information content (AvgIpc) is 2.82. The fourth-order valence-corrected chi connectivity index (χ4v) is 3.39. The minimum Gasteiger partial charge on any atom is -0.481 e. The van der Waals surface area contributed by atoms with Crippen molar-refractivity contribution in [3.05, 3.63) is 24.3 Å². The van der Waals surface area contributed by atoms with E-state index in [1.165, 1.54) is 0 Å². The lowest BCUT2D eigenvalue weighted by molar-refractivity contribution is -0.137. The first-order valence-electron chi connectivity index (χ1n) is 9.76. The highest BCUT2D eigenvalue weighted by molar-refractivity contribution is 5.84. The lowest BCUT2D eigenvalue weighted by atomic mass is 9.88. The third kappa shape index (κ3) is 8.28. The van der Waals surface area contributed by atoms with Gasteiger partial charge in [0.2, 0.25) is 0 Å². The third-order valence-electron chi connectivity index (χ3n) is 5.01. The summed E-state index contributed by atoms with van der Waals surface area (Å²) in [7, 11) is 0. The van der Waals surface area contributed by atoms with Crippen molar-refractivity contribution in [3.8, 4) is 0 Å². The van der Waals surface area contributed by atoms with Crippen molar-refractivity contribution in [1.29, 1.82) is 0 Å². The van der Waals surface area contributed by atoms with Crippen molar-refractivity contribution in [2.75, 3.05) is 0 Å². The van der Waals surface area contributed by atoms with E-state index in [4.69, 9.17) is 5.11 Å². The molecule has 148 valence electrons. The number of aliphatic carboxylic acids is 1. The molecule has 0 spiro atoms. The molecule has 1 aliphatic carbocycles. The topological polar surface area (TPSA) is 94.8 Å². The molecule has 5 nitrogen and oxygen atoms in total. The normalized spacial score (nSPS) is 26.0. The number of carbonyl (C=O) groups is 2. The second-order valence-corrected chi connectivity index (χ2v) is 7.59. The summed E-state index contributed by atoms with van der Waals surface area (Å²) >= 11 is 0. The van der Waals surface area contributed by atoms with Gasteiger partial charge in [0, 0.05) is 24.7 Å². The number of hydrogen-bond acceptors (Lipinski definition) is 4. The van der Waals surface area contributed by atoms with Crippen molar-refractivity contribution >= 4 is 11.8 Å². The quantitative estimate of drug-likeness (QED) is 0.362. The van der Waals surface area contributed by atoms with Gasteiger partial charge in [-0.25, -0.2) is 0 Å². The van der Waals surface area contributed by atoms with E-state index in [9.17, 15) is 19.8 Å². The maximum absolute atomic E-state index is 12.2. The first-order valence-corrected chi connectivity index (χ1v) is 9.76. The highest BCUT2D eigenvalue weighted by Gasteiger charge is 2.39. The number of aliphatic hydroxyl groups excluding tert-OH is 1. The zero-order valence-corrected chi connectivity index (χ0v) is 16.1. The van der Waals surface area contributed by atoms with Crippen molar-refractivity contribution in [2.24, 2.45) is 11.8 Å². The molecule has 0 radical (unpaired) electrons. The van der Waals surface area contributed by atoms with Crippen LogP contribution in [0.1, 0.15) is 71.6 Å². The summed E-state index contributed by atoms with van der Waals surface area (Å²) in [5.74, 6) is -1.30. The van der Waals surface area contributed by atoms with E-state index in [1.807, 2.05) is 18.2 Å². The summed E-state index contributed by atoms with van der Waals surface area (Å²) in [6.07, 6.45) is 12.5. The number of allylic oxidation sites excluding steroid dienone is 2. The highest BCUT2D eigenvalue weighted by atomic mass is 16.4. The zero-order valence-electron chi connectivity index (χ0n) is 16.1. The number of rotatable bonds is 12. The van der Waals surface area contributed by atoms with Crippen LogP contribution in [0, 0.1) is 11.8 Å². The van der Waals surface area contributed by atoms with E-state index < -0.39 is 17.7 Å². The lowest BCUT2D eigenvalue weighted by Crippen LogP contribution is -2.23. The summed E-state index contributed by atoms with van der Waals surface area (Å²) in [4.78, 5) is 22.6. The van der Waals surface area contributed by atoms with Gasteiger partial charge in [-0.15, -0.1) is 0 Å². The molecule has 0 aromatic heterocycles. The largest absolute Gasteiger partial charge is 0.481 e. The Morgan fingerprint density at radius 1 is 1.27 bits per heavy atom. The van der Waals surface area contributed by atoms with Crippen LogP contribution in [0.5, 0.6) is 0 Å². The number of ketones is 1. The van der Waals surface area contributed by atoms with Gasteiger partial charge < -0.3 is 15.3 Å². The molecule has 0 heterocycles. The maximum atomic E-state index is 12.2. The van der Waals surface area contributed by atoms with Gasteiger partial charge in [0.1, 0.15) is 5.78 Å². The van der Waals surface area contributed by atoms with Gasteiger partial charge in [0.25, 0.3) is 0 Å². The molecule has 0 aromatic rings. The van der Waals surface area contributed by atoms with Crippen molar-refractivity contribution in [3.63, 3.8) is 0 Å². The first kappa shape index (κ1) is 22.6. The van der Waals surface area contributed by atoms with E-state index in [1.54, 1.807) is 13.0 Å². The average molecular weight is 366 g/mol. The number of carboxylic acids is 1. The van der Waals surface area contributed by atoms with Gasteiger partial charge >= 0.3 is 5.97 Å². The van der Waals surface area contributed by atoms with Crippen molar-refractivity contribution in [1.82, 2.24) is 0 Å². The Morgan fingerprint density at radius 2 is 2.00 bits per heavy atom. The summed E-state index contributed by atoms with van der Waals surface area (Å²) in [5.41, 5.74) is -0.919. The lowest BCUT2D eigenvalue weighted by Gasteiger charge is -2.21. The van der Waals surface area contributed by atoms with Gasteiger partial charge in [-0.3, -0.25) is 9.59 Å². The van der Waals surface area contributed by atoms with Crippen LogP contribution in [-0.4, -0.2) is 38.8 Å². The van der Waals surface area contributed by atoms with E-state index in [-0.39, 0.29) is 30.5 Å². The zero-order chi connectivity index (χ0) is 19.6. The molecule has 1 aliphatic rings. The number of unbranched alkanes of at least 4 members (excludes halogenated alkanes) is 3.